The number of thioether (sulfide) groups is 1. The highest BCUT2D eigenvalue weighted by Crippen LogP contribution is 2.02. The number of carboxylic acids is 1. The van der Waals surface area contributed by atoms with Crippen molar-refractivity contribution in [3.63, 3.8) is 0 Å². The highest BCUT2D eigenvalue weighted by atomic mass is 32.2. The van der Waals surface area contributed by atoms with Gasteiger partial charge in [-0.05, 0) is 17.9 Å². The Balaban J connectivity index is 0. The normalized spacial score (nSPS) is 11.8. The van der Waals surface area contributed by atoms with Gasteiger partial charge in [0.1, 0.15) is 6.04 Å². The van der Waals surface area contributed by atoms with Crippen LogP contribution in [0.3, 0.4) is 0 Å². The summed E-state index contributed by atoms with van der Waals surface area (Å²) in [6.07, 6.45) is 0.563. The molecule has 0 radical (unpaired) electrons. The van der Waals surface area contributed by atoms with Crippen LogP contribution in [-0.2, 0) is 16.2 Å². The van der Waals surface area contributed by atoms with Gasteiger partial charge < -0.3 is 10.8 Å². The molecule has 0 rings (SSSR count). The molecular weight excluding hydrogens is 230 g/mol. The summed E-state index contributed by atoms with van der Waals surface area (Å²) in [7, 11) is 0. The molecule has 0 aromatic rings. The second kappa shape index (κ2) is 10.9. The molecule has 0 bridgehead atoms. The van der Waals surface area contributed by atoms with E-state index < -0.39 is 23.4 Å². The maximum absolute atomic E-state index is 10.2. The fourth-order valence-corrected chi connectivity index (χ4v) is 1.19. The molecular formula is C6H15NO5S2. The van der Waals surface area contributed by atoms with Gasteiger partial charge in [0.2, 0.25) is 0 Å². The second-order valence-electron chi connectivity index (χ2n) is 2.16. The first kappa shape index (κ1) is 16.3. The van der Waals surface area contributed by atoms with Gasteiger partial charge in [-0.3, -0.25) is 13.9 Å². The van der Waals surface area contributed by atoms with Crippen molar-refractivity contribution in [1.29, 1.82) is 0 Å². The van der Waals surface area contributed by atoms with Crippen LogP contribution in [0.15, 0.2) is 0 Å². The fourth-order valence-electron chi connectivity index (χ4n) is 0.478. The van der Waals surface area contributed by atoms with E-state index in [1.54, 1.807) is 11.8 Å². The zero-order chi connectivity index (χ0) is 11.6. The highest BCUT2D eigenvalue weighted by Gasteiger charge is 2.09. The minimum atomic E-state index is -2.61. The Bertz CT molecular complexity index is 174. The molecule has 0 aromatic heterocycles. The standard InChI is InChI=1S/C6H13NO2S.H2O3S/c1-2-10-4-3-5(7)6(8)9;1-4(2)3/h5H,2-4,7H2,1H3,(H,8,9);(H2,1,2,3). The monoisotopic (exact) mass is 245 g/mol. The SMILES string of the molecule is CCSCCC(N)C(=O)O.O=S(O)O. The van der Waals surface area contributed by atoms with Crippen LogP contribution in [0.5, 0.6) is 0 Å². The molecule has 0 fully saturated rings. The third-order valence-corrected chi connectivity index (χ3v) is 2.03. The molecule has 5 N–H and O–H groups in total. The van der Waals surface area contributed by atoms with Crippen LogP contribution in [0, 0.1) is 0 Å². The summed E-state index contributed by atoms with van der Waals surface area (Å²) in [4.78, 5) is 10.2. The molecule has 8 heteroatoms. The van der Waals surface area contributed by atoms with Crippen molar-refractivity contribution in [2.24, 2.45) is 5.73 Å². The van der Waals surface area contributed by atoms with Gasteiger partial charge in [-0.2, -0.15) is 16.0 Å². The molecule has 0 spiro atoms. The smallest absolute Gasteiger partial charge is 0.320 e. The quantitative estimate of drug-likeness (QED) is 0.404. The summed E-state index contributed by atoms with van der Waals surface area (Å²) in [5, 5.41) is 8.35. The number of aliphatic carboxylic acids is 1. The van der Waals surface area contributed by atoms with Crippen molar-refractivity contribution >= 4 is 29.1 Å². The Morgan fingerprint density at radius 3 is 2.29 bits per heavy atom. The molecule has 0 aliphatic heterocycles. The lowest BCUT2D eigenvalue weighted by Gasteiger charge is -2.03. The van der Waals surface area contributed by atoms with Crippen molar-refractivity contribution in [3.8, 4) is 0 Å². The Morgan fingerprint density at radius 1 is 1.57 bits per heavy atom. The number of hydrogen-bond donors (Lipinski definition) is 4. The number of hydrogen-bond acceptors (Lipinski definition) is 4. The second-order valence-corrected chi connectivity index (χ2v) is 4.02. The average Bonchev–Trinajstić information content (AvgIpc) is 2.03. The summed E-state index contributed by atoms with van der Waals surface area (Å²) in [5.41, 5.74) is 5.24. The largest absolute Gasteiger partial charge is 0.480 e. The zero-order valence-electron chi connectivity index (χ0n) is 7.75. The lowest BCUT2D eigenvalue weighted by atomic mass is 10.2. The fraction of sp³-hybridized carbons (Fsp3) is 0.833. The summed E-state index contributed by atoms with van der Waals surface area (Å²) in [6.45, 7) is 2.04. The lowest BCUT2D eigenvalue weighted by Crippen LogP contribution is -2.30. The van der Waals surface area contributed by atoms with Gasteiger partial charge in [0.05, 0.1) is 0 Å². The minimum absolute atomic E-state index is 0.563. The predicted octanol–water partition coefficient (Wildman–Crippen LogP) is 0.223. The van der Waals surface area contributed by atoms with E-state index in [9.17, 15) is 4.79 Å². The third kappa shape index (κ3) is 17.8. The molecule has 0 saturated heterocycles. The molecule has 1 atom stereocenters. The third-order valence-electron chi connectivity index (χ3n) is 1.09. The van der Waals surface area contributed by atoms with E-state index >= 15 is 0 Å². The number of nitrogens with two attached hydrogens (primary N) is 1. The van der Waals surface area contributed by atoms with E-state index in [1.807, 2.05) is 6.92 Å². The number of carboxylic acid groups (broad SMARTS) is 1. The van der Waals surface area contributed by atoms with Gasteiger partial charge in [-0.25, -0.2) is 0 Å². The average molecular weight is 245 g/mol. The van der Waals surface area contributed by atoms with Crippen LogP contribution in [0.25, 0.3) is 0 Å². The molecule has 0 saturated carbocycles. The highest BCUT2D eigenvalue weighted by molar-refractivity contribution is 7.99. The Labute approximate surface area is 89.4 Å². The molecule has 86 valence electrons. The minimum Gasteiger partial charge on any atom is -0.480 e. The molecule has 0 aliphatic rings. The van der Waals surface area contributed by atoms with Crippen molar-refractivity contribution < 1.29 is 23.2 Å². The summed E-state index contributed by atoms with van der Waals surface area (Å²) in [5.74, 6) is 0.952. The zero-order valence-corrected chi connectivity index (χ0v) is 9.38. The van der Waals surface area contributed by atoms with Crippen LogP contribution in [0.2, 0.25) is 0 Å². The number of rotatable bonds is 5. The van der Waals surface area contributed by atoms with Gasteiger partial charge in [0.15, 0.2) is 0 Å². The molecule has 1 unspecified atom stereocenters. The number of carbonyl (C=O) groups is 1. The van der Waals surface area contributed by atoms with Crippen LogP contribution in [0.1, 0.15) is 13.3 Å². The Hall–Kier alpha value is -0.150. The first-order valence-corrected chi connectivity index (χ1v) is 5.99. The lowest BCUT2D eigenvalue weighted by molar-refractivity contribution is -0.138. The van der Waals surface area contributed by atoms with E-state index in [1.165, 1.54) is 0 Å². The Morgan fingerprint density at radius 2 is 2.00 bits per heavy atom. The van der Waals surface area contributed by atoms with Crippen LogP contribution >= 0.6 is 11.8 Å². The van der Waals surface area contributed by atoms with E-state index in [0.717, 1.165) is 11.5 Å². The van der Waals surface area contributed by atoms with E-state index in [-0.39, 0.29) is 0 Å². The molecule has 14 heavy (non-hydrogen) atoms. The Kier molecular flexibility index (Phi) is 12.7. The first-order chi connectivity index (χ1) is 6.41. The molecule has 0 aromatic carbocycles. The van der Waals surface area contributed by atoms with Crippen molar-refractivity contribution in [2.45, 2.75) is 19.4 Å². The van der Waals surface area contributed by atoms with Gasteiger partial charge in [-0.1, -0.05) is 6.92 Å². The van der Waals surface area contributed by atoms with Crippen LogP contribution in [-0.4, -0.2) is 41.9 Å². The van der Waals surface area contributed by atoms with E-state index in [2.05, 4.69) is 0 Å². The van der Waals surface area contributed by atoms with E-state index in [0.29, 0.717) is 6.42 Å². The molecule has 0 heterocycles. The van der Waals surface area contributed by atoms with Gasteiger partial charge in [-0.15, -0.1) is 0 Å². The molecule has 0 amide bonds. The van der Waals surface area contributed by atoms with Crippen LogP contribution in [0.4, 0.5) is 0 Å². The van der Waals surface area contributed by atoms with Crippen molar-refractivity contribution in [2.75, 3.05) is 11.5 Å². The summed E-state index contributed by atoms with van der Waals surface area (Å²) >= 11 is -0.901. The topological polar surface area (TPSA) is 121 Å². The van der Waals surface area contributed by atoms with Crippen molar-refractivity contribution in [3.05, 3.63) is 0 Å². The van der Waals surface area contributed by atoms with Gasteiger partial charge in [0.25, 0.3) is 11.4 Å². The molecule has 6 nitrogen and oxygen atoms in total. The van der Waals surface area contributed by atoms with Gasteiger partial charge >= 0.3 is 5.97 Å². The van der Waals surface area contributed by atoms with Gasteiger partial charge in [0, 0.05) is 0 Å². The van der Waals surface area contributed by atoms with Crippen molar-refractivity contribution in [1.82, 2.24) is 0 Å². The maximum Gasteiger partial charge on any atom is 0.320 e. The first-order valence-electron chi connectivity index (χ1n) is 3.77. The van der Waals surface area contributed by atoms with E-state index in [4.69, 9.17) is 24.2 Å². The summed E-state index contributed by atoms with van der Waals surface area (Å²) < 4.78 is 22.8. The summed E-state index contributed by atoms with van der Waals surface area (Å²) in [6, 6.07) is -0.681. The molecule has 0 aliphatic carbocycles. The maximum atomic E-state index is 10.2. The van der Waals surface area contributed by atoms with Crippen LogP contribution < -0.4 is 5.73 Å². The predicted molar refractivity (Wildman–Crippen MR) is 56.6 cm³/mol.